The smallest absolute Gasteiger partial charge is 0.342 e. The molecule has 0 atom stereocenters. The molecule has 0 aliphatic rings. The molecule has 1 N–H and O–H groups in total. The number of carboxylic acid groups (broad SMARTS) is 1. The van der Waals surface area contributed by atoms with Crippen molar-refractivity contribution in [1.29, 1.82) is 0 Å². The second-order valence-electron chi connectivity index (χ2n) is 5.77. The number of halogens is 1. The van der Waals surface area contributed by atoms with Crippen LogP contribution in [0.1, 0.15) is 27.6 Å². The molecule has 0 amide bonds. The SMILES string of the molecule is C=C(C)C(=O)Oc1ccc(C(=O)OCCOc2ccc(C(=O)[O-])cc2I)c(O)c1. The van der Waals surface area contributed by atoms with Gasteiger partial charge < -0.3 is 29.2 Å². The third-order valence-corrected chi connectivity index (χ3v) is 4.33. The number of benzene rings is 2. The second kappa shape index (κ2) is 9.92. The van der Waals surface area contributed by atoms with Gasteiger partial charge in [-0.1, -0.05) is 6.58 Å². The zero-order chi connectivity index (χ0) is 21.6. The van der Waals surface area contributed by atoms with E-state index in [-0.39, 0.29) is 35.7 Å². The molecule has 0 aromatic heterocycles. The minimum absolute atomic E-state index is 0.0154. The van der Waals surface area contributed by atoms with Crippen LogP contribution in [0.15, 0.2) is 48.6 Å². The highest BCUT2D eigenvalue weighted by Gasteiger charge is 2.15. The van der Waals surface area contributed by atoms with E-state index < -0.39 is 23.7 Å². The molecule has 8 nitrogen and oxygen atoms in total. The Balaban J connectivity index is 1.88. The summed E-state index contributed by atoms with van der Waals surface area (Å²) in [6.07, 6.45) is 0. The molecular weight excluding hydrogens is 495 g/mol. The summed E-state index contributed by atoms with van der Waals surface area (Å²) in [6, 6.07) is 7.95. The van der Waals surface area contributed by atoms with Crippen molar-refractivity contribution < 1.29 is 38.8 Å². The highest BCUT2D eigenvalue weighted by atomic mass is 127. The van der Waals surface area contributed by atoms with Gasteiger partial charge in [-0.25, -0.2) is 9.59 Å². The fraction of sp³-hybridized carbons (Fsp3) is 0.150. The first kappa shape index (κ1) is 22.2. The average Bonchev–Trinajstić information content (AvgIpc) is 2.65. The Bertz CT molecular complexity index is 967. The molecule has 0 aliphatic carbocycles. The normalized spacial score (nSPS) is 10.1. The van der Waals surface area contributed by atoms with Crippen LogP contribution in [0.5, 0.6) is 17.2 Å². The van der Waals surface area contributed by atoms with E-state index in [2.05, 4.69) is 6.58 Å². The van der Waals surface area contributed by atoms with Gasteiger partial charge in [0.2, 0.25) is 0 Å². The molecule has 152 valence electrons. The van der Waals surface area contributed by atoms with E-state index in [9.17, 15) is 24.6 Å². The van der Waals surface area contributed by atoms with Crippen molar-refractivity contribution in [3.63, 3.8) is 0 Å². The highest BCUT2D eigenvalue weighted by molar-refractivity contribution is 14.1. The number of phenols is 1. The predicted molar refractivity (Wildman–Crippen MR) is 108 cm³/mol. The first-order valence-electron chi connectivity index (χ1n) is 8.20. The fourth-order valence-corrected chi connectivity index (χ4v) is 2.72. The molecule has 2 rings (SSSR count). The molecule has 2 aromatic carbocycles. The van der Waals surface area contributed by atoms with Crippen molar-refractivity contribution >= 4 is 40.5 Å². The number of carbonyl (C=O) groups excluding carboxylic acids is 3. The maximum atomic E-state index is 12.1. The number of phenolic OH excluding ortho intramolecular Hbond substituents is 1. The molecule has 2 aromatic rings. The molecule has 0 saturated carbocycles. The lowest BCUT2D eigenvalue weighted by Crippen LogP contribution is -2.22. The molecule has 9 heteroatoms. The number of hydrogen-bond donors (Lipinski definition) is 1. The third-order valence-electron chi connectivity index (χ3n) is 3.49. The molecule has 0 saturated heterocycles. The van der Waals surface area contributed by atoms with E-state index in [0.29, 0.717) is 9.32 Å². The second-order valence-corrected chi connectivity index (χ2v) is 6.93. The van der Waals surface area contributed by atoms with Crippen LogP contribution in [0.2, 0.25) is 0 Å². The molecular formula is C20H16IO8-. The summed E-state index contributed by atoms with van der Waals surface area (Å²) in [6.45, 7) is 4.84. The maximum Gasteiger partial charge on any atom is 0.342 e. The Hall–Kier alpha value is -3.08. The van der Waals surface area contributed by atoms with Crippen molar-refractivity contribution in [1.82, 2.24) is 0 Å². The Morgan fingerprint density at radius 2 is 1.86 bits per heavy atom. The summed E-state index contributed by atoms with van der Waals surface area (Å²) in [7, 11) is 0. The quantitative estimate of drug-likeness (QED) is 0.188. The molecule has 0 bridgehead atoms. The first-order valence-corrected chi connectivity index (χ1v) is 9.28. The van der Waals surface area contributed by atoms with E-state index in [1.807, 2.05) is 22.6 Å². The van der Waals surface area contributed by atoms with Crippen LogP contribution < -0.4 is 14.6 Å². The lowest BCUT2D eigenvalue weighted by molar-refractivity contribution is -0.255. The number of carboxylic acids is 1. The number of ether oxygens (including phenoxy) is 3. The van der Waals surface area contributed by atoms with Crippen LogP contribution in [0.25, 0.3) is 0 Å². The zero-order valence-corrected chi connectivity index (χ0v) is 17.4. The van der Waals surface area contributed by atoms with Crippen molar-refractivity contribution in [3.8, 4) is 17.2 Å². The van der Waals surface area contributed by atoms with Crippen molar-refractivity contribution in [2.24, 2.45) is 0 Å². The Labute approximate surface area is 179 Å². The molecule has 0 aliphatic heterocycles. The van der Waals surface area contributed by atoms with Gasteiger partial charge in [-0.3, -0.25) is 0 Å². The lowest BCUT2D eigenvalue weighted by Gasteiger charge is -2.11. The Morgan fingerprint density at radius 1 is 1.14 bits per heavy atom. The summed E-state index contributed by atoms with van der Waals surface area (Å²) < 4.78 is 16.0. The number of aromatic hydroxyl groups is 1. The van der Waals surface area contributed by atoms with Crippen molar-refractivity contribution in [2.45, 2.75) is 6.92 Å². The van der Waals surface area contributed by atoms with E-state index in [0.717, 1.165) is 6.07 Å². The number of hydrogen-bond acceptors (Lipinski definition) is 8. The minimum atomic E-state index is -1.29. The van der Waals surface area contributed by atoms with Gasteiger partial charge in [0.25, 0.3) is 0 Å². The van der Waals surface area contributed by atoms with Gasteiger partial charge in [0.1, 0.15) is 36.0 Å². The van der Waals surface area contributed by atoms with Gasteiger partial charge in [0.05, 0.1) is 9.54 Å². The fourth-order valence-electron chi connectivity index (χ4n) is 2.05. The van der Waals surface area contributed by atoms with Crippen molar-refractivity contribution in [3.05, 3.63) is 63.2 Å². The van der Waals surface area contributed by atoms with Crippen LogP contribution in [0.3, 0.4) is 0 Å². The average molecular weight is 511 g/mol. The van der Waals surface area contributed by atoms with Gasteiger partial charge >= 0.3 is 11.9 Å². The van der Waals surface area contributed by atoms with Crippen LogP contribution in [-0.2, 0) is 9.53 Å². The van der Waals surface area contributed by atoms with Gasteiger partial charge in [-0.05, 0) is 65.4 Å². The topological polar surface area (TPSA) is 122 Å². The summed E-state index contributed by atoms with van der Waals surface area (Å²) >= 11 is 1.92. The van der Waals surface area contributed by atoms with Crippen LogP contribution >= 0.6 is 22.6 Å². The van der Waals surface area contributed by atoms with Gasteiger partial charge in [-0.2, -0.15) is 0 Å². The Kier molecular flexibility index (Phi) is 7.59. The monoisotopic (exact) mass is 511 g/mol. The minimum Gasteiger partial charge on any atom is -0.545 e. The first-order chi connectivity index (χ1) is 13.7. The number of rotatable bonds is 8. The van der Waals surface area contributed by atoms with Gasteiger partial charge in [0.15, 0.2) is 0 Å². The largest absolute Gasteiger partial charge is 0.545 e. The summed E-state index contributed by atoms with van der Waals surface area (Å²) in [4.78, 5) is 34.3. The number of carbonyl (C=O) groups is 3. The summed E-state index contributed by atoms with van der Waals surface area (Å²) in [5.74, 6) is -2.65. The number of esters is 2. The maximum absolute atomic E-state index is 12.1. The van der Waals surface area contributed by atoms with Crippen LogP contribution in [-0.4, -0.2) is 36.2 Å². The standard InChI is InChI=1S/C20H17IO8/c1-11(2)19(25)29-13-4-5-14(16(22)10-13)20(26)28-8-7-27-17-6-3-12(18(23)24)9-15(17)21/h3-6,9-10,22H,1,7-8H2,2H3,(H,23,24)/p-1. The highest BCUT2D eigenvalue weighted by Crippen LogP contribution is 2.25. The summed E-state index contributed by atoms with van der Waals surface area (Å²) in [5, 5.41) is 20.8. The summed E-state index contributed by atoms with van der Waals surface area (Å²) in [5.41, 5.74) is 0.117. The molecule has 0 unspecified atom stereocenters. The van der Waals surface area contributed by atoms with Crippen LogP contribution in [0, 0.1) is 3.57 Å². The van der Waals surface area contributed by atoms with Gasteiger partial charge in [-0.15, -0.1) is 0 Å². The molecule has 0 heterocycles. The van der Waals surface area contributed by atoms with Crippen molar-refractivity contribution in [2.75, 3.05) is 13.2 Å². The Morgan fingerprint density at radius 3 is 2.45 bits per heavy atom. The molecule has 0 fully saturated rings. The predicted octanol–water partition coefficient (Wildman–Crippen LogP) is 2.08. The van der Waals surface area contributed by atoms with E-state index in [1.54, 1.807) is 0 Å². The third kappa shape index (κ3) is 6.21. The van der Waals surface area contributed by atoms with E-state index >= 15 is 0 Å². The molecule has 0 spiro atoms. The molecule has 0 radical (unpaired) electrons. The number of aromatic carboxylic acids is 1. The van der Waals surface area contributed by atoms with E-state index in [1.165, 1.54) is 37.3 Å². The van der Waals surface area contributed by atoms with E-state index in [4.69, 9.17) is 14.2 Å². The van der Waals surface area contributed by atoms with Gasteiger partial charge in [0, 0.05) is 11.6 Å². The van der Waals surface area contributed by atoms with Crippen LogP contribution in [0.4, 0.5) is 0 Å². The molecule has 29 heavy (non-hydrogen) atoms. The zero-order valence-electron chi connectivity index (χ0n) is 15.3. The lowest BCUT2D eigenvalue weighted by atomic mass is 10.2.